The standard InChI is InChI=1S/C16H19ClN4O2Si/c1-24(2,3)9-8-23-21-13-10-18-16(17)19-15(13)14(20-21)11-4-6-12(22)7-5-11/h4-7,10,22H,8-9H2,1-3H3. The van der Waals surface area contributed by atoms with Gasteiger partial charge in [0, 0.05) is 13.6 Å². The number of fused-ring (bicyclic) bond motifs is 1. The van der Waals surface area contributed by atoms with Crippen LogP contribution in [0.4, 0.5) is 0 Å². The molecule has 0 saturated carbocycles. The van der Waals surface area contributed by atoms with E-state index >= 15 is 0 Å². The SMILES string of the molecule is C[Si](C)(C)CCOn1nc(-c2ccc(O)cc2)c2nc(Cl)ncc21. The number of nitrogens with zero attached hydrogens (tertiary/aromatic N) is 4. The number of aromatic nitrogens is 4. The summed E-state index contributed by atoms with van der Waals surface area (Å²) in [5.41, 5.74) is 2.74. The Kier molecular flexibility index (Phi) is 4.47. The van der Waals surface area contributed by atoms with Crippen molar-refractivity contribution in [3.8, 4) is 17.0 Å². The Morgan fingerprint density at radius 1 is 1.21 bits per heavy atom. The van der Waals surface area contributed by atoms with E-state index in [0.717, 1.165) is 11.6 Å². The maximum atomic E-state index is 9.47. The molecule has 0 amide bonds. The largest absolute Gasteiger partial charge is 0.508 e. The van der Waals surface area contributed by atoms with Crippen LogP contribution in [0.3, 0.4) is 0 Å². The highest BCUT2D eigenvalue weighted by Gasteiger charge is 2.18. The molecule has 0 aliphatic carbocycles. The summed E-state index contributed by atoms with van der Waals surface area (Å²) in [6.07, 6.45) is 1.61. The van der Waals surface area contributed by atoms with Crippen molar-refractivity contribution in [1.82, 2.24) is 19.9 Å². The molecule has 0 fully saturated rings. The smallest absolute Gasteiger partial charge is 0.223 e. The van der Waals surface area contributed by atoms with Gasteiger partial charge >= 0.3 is 0 Å². The molecule has 3 aromatic rings. The minimum Gasteiger partial charge on any atom is -0.508 e. The molecular formula is C16H19ClN4O2Si. The van der Waals surface area contributed by atoms with Crippen LogP contribution < -0.4 is 4.84 Å². The molecule has 0 spiro atoms. The summed E-state index contributed by atoms with van der Waals surface area (Å²) < 4.78 is 0. The highest BCUT2D eigenvalue weighted by molar-refractivity contribution is 6.76. The van der Waals surface area contributed by atoms with Crippen LogP contribution in [0.2, 0.25) is 31.0 Å². The molecule has 0 atom stereocenters. The minimum atomic E-state index is -1.20. The first kappa shape index (κ1) is 16.7. The second kappa shape index (κ2) is 6.41. The lowest BCUT2D eigenvalue weighted by atomic mass is 10.1. The van der Waals surface area contributed by atoms with E-state index in [4.69, 9.17) is 16.4 Å². The van der Waals surface area contributed by atoms with Crippen molar-refractivity contribution in [1.29, 1.82) is 0 Å². The molecule has 1 N–H and O–H groups in total. The van der Waals surface area contributed by atoms with E-state index in [9.17, 15) is 5.11 Å². The van der Waals surface area contributed by atoms with Crippen molar-refractivity contribution < 1.29 is 9.94 Å². The average molecular weight is 363 g/mol. The second-order valence-corrected chi connectivity index (χ2v) is 12.7. The van der Waals surface area contributed by atoms with Gasteiger partial charge < -0.3 is 9.94 Å². The van der Waals surface area contributed by atoms with Crippen molar-refractivity contribution in [2.24, 2.45) is 0 Å². The van der Waals surface area contributed by atoms with Crippen LogP contribution in [0.15, 0.2) is 30.5 Å². The van der Waals surface area contributed by atoms with Gasteiger partial charge in [-0.25, -0.2) is 9.97 Å². The van der Waals surface area contributed by atoms with Gasteiger partial charge in [0.15, 0.2) is 0 Å². The van der Waals surface area contributed by atoms with Crippen LogP contribution in [-0.4, -0.2) is 39.7 Å². The highest BCUT2D eigenvalue weighted by atomic mass is 35.5. The topological polar surface area (TPSA) is 73.1 Å². The molecule has 0 unspecified atom stereocenters. The van der Waals surface area contributed by atoms with Crippen molar-refractivity contribution in [3.05, 3.63) is 35.7 Å². The first-order valence-electron chi connectivity index (χ1n) is 7.67. The van der Waals surface area contributed by atoms with Crippen molar-refractivity contribution >= 4 is 30.7 Å². The summed E-state index contributed by atoms with van der Waals surface area (Å²) in [6, 6.07) is 7.79. The Morgan fingerprint density at radius 3 is 2.58 bits per heavy atom. The lowest BCUT2D eigenvalue weighted by molar-refractivity contribution is 0.102. The Balaban J connectivity index is 2.00. The lowest BCUT2D eigenvalue weighted by Gasteiger charge is -2.15. The predicted octanol–water partition coefficient (Wildman–Crippen LogP) is 3.62. The van der Waals surface area contributed by atoms with Crippen LogP contribution >= 0.6 is 11.6 Å². The summed E-state index contributed by atoms with van der Waals surface area (Å²) in [6.45, 7) is 7.47. The third-order valence-electron chi connectivity index (χ3n) is 3.57. The van der Waals surface area contributed by atoms with Gasteiger partial charge in [-0.05, 0) is 41.9 Å². The van der Waals surface area contributed by atoms with Crippen LogP contribution in [0.1, 0.15) is 0 Å². The number of hydrogen-bond acceptors (Lipinski definition) is 5. The van der Waals surface area contributed by atoms with Crippen molar-refractivity contribution in [2.45, 2.75) is 25.7 Å². The summed E-state index contributed by atoms with van der Waals surface area (Å²) in [7, 11) is -1.20. The number of phenolic OH excluding ortho intramolecular Hbond substituents is 1. The van der Waals surface area contributed by atoms with Gasteiger partial charge in [0.05, 0.1) is 6.20 Å². The van der Waals surface area contributed by atoms with Gasteiger partial charge in [0.2, 0.25) is 5.28 Å². The van der Waals surface area contributed by atoms with Crippen molar-refractivity contribution in [2.75, 3.05) is 6.61 Å². The maximum Gasteiger partial charge on any atom is 0.223 e. The number of rotatable bonds is 5. The van der Waals surface area contributed by atoms with Gasteiger partial charge in [-0.15, -0.1) is 5.10 Å². The van der Waals surface area contributed by atoms with E-state index in [2.05, 4.69) is 34.7 Å². The second-order valence-electron chi connectivity index (χ2n) is 6.79. The van der Waals surface area contributed by atoms with E-state index in [0.29, 0.717) is 23.3 Å². The van der Waals surface area contributed by atoms with Gasteiger partial charge in [-0.1, -0.05) is 24.5 Å². The van der Waals surface area contributed by atoms with Crippen LogP contribution in [0.25, 0.3) is 22.3 Å². The van der Waals surface area contributed by atoms with E-state index in [1.807, 2.05) is 0 Å². The number of benzene rings is 1. The minimum absolute atomic E-state index is 0.157. The van der Waals surface area contributed by atoms with E-state index in [1.165, 1.54) is 4.85 Å². The zero-order valence-electron chi connectivity index (χ0n) is 13.8. The third-order valence-corrected chi connectivity index (χ3v) is 5.45. The molecule has 24 heavy (non-hydrogen) atoms. The monoisotopic (exact) mass is 362 g/mol. The molecule has 0 aliphatic heterocycles. The number of halogens is 1. The maximum absolute atomic E-state index is 9.47. The average Bonchev–Trinajstić information content (AvgIpc) is 2.85. The molecule has 0 radical (unpaired) electrons. The molecular weight excluding hydrogens is 344 g/mol. The quantitative estimate of drug-likeness (QED) is 0.554. The van der Waals surface area contributed by atoms with Crippen LogP contribution in [0, 0.1) is 0 Å². The molecule has 0 saturated heterocycles. The van der Waals surface area contributed by atoms with Gasteiger partial charge in [0.25, 0.3) is 0 Å². The highest BCUT2D eigenvalue weighted by Crippen LogP contribution is 2.27. The Labute approximate surface area is 146 Å². The number of aromatic hydroxyl groups is 1. The summed E-state index contributed by atoms with van der Waals surface area (Å²) in [5.74, 6) is 0.196. The molecule has 0 aliphatic rings. The molecule has 8 heteroatoms. The molecule has 126 valence electrons. The lowest BCUT2D eigenvalue weighted by Crippen LogP contribution is -2.25. The zero-order chi connectivity index (χ0) is 17.3. The molecule has 0 bridgehead atoms. The fraction of sp³-hybridized carbons (Fsp3) is 0.312. The van der Waals surface area contributed by atoms with E-state index in [-0.39, 0.29) is 11.0 Å². The Morgan fingerprint density at radius 2 is 1.92 bits per heavy atom. The predicted molar refractivity (Wildman–Crippen MR) is 97.0 cm³/mol. The summed E-state index contributed by atoms with van der Waals surface area (Å²) in [4.78, 5) is 15.6. The molecule has 1 aromatic carbocycles. The molecule has 6 nitrogen and oxygen atoms in total. The third kappa shape index (κ3) is 3.68. The fourth-order valence-electron chi connectivity index (χ4n) is 2.21. The fourth-order valence-corrected chi connectivity index (χ4v) is 3.05. The zero-order valence-corrected chi connectivity index (χ0v) is 15.6. The molecule has 3 rings (SSSR count). The normalized spacial score (nSPS) is 11.8. The summed E-state index contributed by atoms with van der Waals surface area (Å²) in [5, 5.41) is 14.1. The van der Waals surface area contributed by atoms with E-state index in [1.54, 1.807) is 30.5 Å². The molecule has 2 heterocycles. The first-order valence-corrected chi connectivity index (χ1v) is 11.8. The Hall–Kier alpha value is -2.12. The van der Waals surface area contributed by atoms with Crippen molar-refractivity contribution in [3.63, 3.8) is 0 Å². The van der Waals surface area contributed by atoms with E-state index < -0.39 is 8.07 Å². The summed E-state index contributed by atoms with van der Waals surface area (Å²) >= 11 is 5.94. The van der Waals surface area contributed by atoms with Gasteiger partial charge in [-0.3, -0.25) is 0 Å². The Bertz CT molecular complexity index is 859. The first-order chi connectivity index (χ1) is 11.3. The van der Waals surface area contributed by atoms with Gasteiger partial charge in [0.1, 0.15) is 29.1 Å². The number of phenols is 1. The van der Waals surface area contributed by atoms with Crippen LogP contribution in [0.5, 0.6) is 5.75 Å². The number of hydrogen-bond donors (Lipinski definition) is 1. The van der Waals surface area contributed by atoms with Crippen LogP contribution in [-0.2, 0) is 0 Å². The molecule has 2 aromatic heterocycles. The van der Waals surface area contributed by atoms with Gasteiger partial charge in [-0.2, -0.15) is 0 Å².